The van der Waals surface area contributed by atoms with Gasteiger partial charge in [0.1, 0.15) is 0 Å². The number of nitrogens with zero attached hydrogens (tertiary/aromatic N) is 1. The molecule has 2 aromatic rings. The zero-order valence-electron chi connectivity index (χ0n) is 7.78. The second kappa shape index (κ2) is 4.41. The van der Waals surface area contributed by atoms with E-state index in [-0.39, 0.29) is 5.01 Å². The Labute approximate surface area is 105 Å². The topological polar surface area (TPSA) is 50.2 Å². The highest BCUT2D eigenvalue weighted by Gasteiger charge is 2.12. The minimum atomic E-state index is -1.05. The number of thiazole rings is 1. The van der Waals surface area contributed by atoms with E-state index in [2.05, 4.69) is 4.98 Å². The van der Waals surface area contributed by atoms with E-state index in [0.717, 1.165) is 11.3 Å². The van der Waals surface area contributed by atoms with Gasteiger partial charge in [-0.15, -0.1) is 11.3 Å². The van der Waals surface area contributed by atoms with E-state index in [0.29, 0.717) is 21.3 Å². The highest BCUT2D eigenvalue weighted by Crippen LogP contribution is 2.31. The fourth-order valence-electron chi connectivity index (χ4n) is 1.19. The van der Waals surface area contributed by atoms with Crippen LogP contribution in [-0.2, 0) is 0 Å². The molecule has 0 aliphatic carbocycles. The Morgan fingerprint density at radius 3 is 2.75 bits per heavy atom. The predicted octanol–water partition coefficient (Wildman–Crippen LogP) is 3.82. The zero-order valence-corrected chi connectivity index (χ0v) is 10.1. The average Bonchev–Trinajstić information content (AvgIpc) is 2.70. The molecule has 0 radical (unpaired) electrons. The van der Waals surface area contributed by atoms with Crippen LogP contribution >= 0.6 is 34.5 Å². The summed E-state index contributed by atoms with van der Waals surface area (Å²) in [5.41, 5.74) is 1.16. The van der Waals surface area contributed by atoms with Gasteiger partial charge in [0.05, 0.1) is 10.7 Å². The lowest BCUT2D eigenvalue weighted by atomic mass is 10.2. The fourth-order valence-corrected chi connectivity index (χ4v) is 2.23. The summed E-state index contributed by atoms with van der Waals surface area (Å²) in [7, 11) is 0. The summed E-state index contributed by atoms with van der Waals surface area (Å²) in [6.07, 6.45) is 0. The molecule has 0 spiro atoms. The Morgan fingerprint density at radius 2 is 2.12 bits per heavy atom. The molecule has 0 amide bonds. The smallest absolute Gasteiger partial charge is 0.365 e. The molecule has 1 N–H and O–H groups in total. The fraction of sp³-hybridized carbons (Fsp3) is 0. The molecule has 16 heavy (non-hydrogen) atoms. The van der Waals surface area contributed by atoms with Crippen LogP contribution in [-0.4, -0.2) is 16.1 Å². The van der Waals surface area contributed by atoms with Crippen molar-refractivity contribution in [3.05, 3.63) is 38.6 Å². The molecule has 0 saturated carbocycles. The molecule has 3 nitrogen and oxygen atoms in total. The molecule has 0 saturated heterocycles. The third-order valence-corrected chi connectivity index (χ3v) is 3.29. The van der Waals surface area contributed by atoms with Gasteiger partial charge in [-0.3, -0.25) is 0 Å². The first-order chi connectivity index (χ1) is 7.58. The first-order valence-electron chi connectivity index (χ1n) is 4.22. The average molecular weight is 274 g/mol. The van der Waals surface area contributed by atoms with Crippen LogP contribution in [0.2, 0.25) is 10.0 Å². The summed E-state index contributed by atoms with van der Waals surface area (Å²) in [4.78, 5) is 14.6. The van der Waals surface area contributed by atoms with Gasteiger partial charge in [0.25, 0.3) is 0 Å². The molecule has 1 heterocycles. The Hall–Kier alpha value is -1.10. The second-order valence-corrected chi connectivity index (χ2v) is 4.67. The number of aromatic nitrogens is 1. The van der Waals surface area contributed by atoms with E-state index in [1.54, 1.807) is 23.6 Å². The van der Waals surface area contributed by atoms with Gasteiger partial charge >= 0.3 is 5.97 Å². The SMILES string of the molecule is O=C(O)c1nc(-c2cc(Cl)ccc2Cl)cs1. The molecule has 0 aliphatic heterocycles. The summed E-state index contributed by atoms with van der Waals surface area (Å²) < 4.78 is 0. The number of benzene rings is 1. The normalized spacial score (nSPS) is 10.4. The van der Waals surface area contributed by atoms with Gasteiger partial charge in [-0.25, -0.2) is 9.78 Å². The van der Waals surface area contributed by atoms with Gasteiger partial charge in [0.2, 0.25) is 5.01 Å². The van der Waals surface area contributed by atoms with Crippen LogP contribution in [0.5, 0.6) is 0 Å². The number of rotatable bonds is 2. The maximum absolute atomic E-state index is 10.7. The molecule has 0 fully saturated rings. The molecule has 1 aromatic heterocycles. The molecule has 82 valence electrons. The number of carbonyl (C=O) groups is 1. The summed E-state index contributed by atoms with van der Waals surface area (Å²) in [6, 6.07) is 4.97. The number of carboxylic acids is 1. The molecular formula is C10H5Cl2NO2S. The second-order valence-electron chi connectivity index (χ2n) is 2.97. The minimum Gasteiger partial charge on any atom is -0.476 e. The number of aromatic carboxylic acids is 1. The van der Waals surface area contributed by atoms with E-state index < -0.39 is 5.97 Å². The van der Waals surface area contributed by atoms with Crippen molar-refractivity contribution in [1.82, 2.24) is 4.98 Å². The molecule has 6 heteroatoms. The number of carboxylic acid groups (broad SMARTS) is 1. The summed E-state index contributed by atoms with van der Waals surface area (Å²) in [5, 5.41) is 11.5. The monoisotopic (exact) mass is 273 g/mol. The number of hydrogen-bond donors (Lipinski definition) is 1. The number of halogens is 2. The van der Waals surface area contributed by atoms with Gasteiger partial charge in [-0.2, -0.15) is 0 Å². The quantitative estimate of drug-likeness (QED) is 0.905. The third-order valence-electron chi connectivity index (χ3n) is 1.89. The van der Waals surface area contributed by atoms with Gasteiger partial charge < -0.3 is 5.11 Å². The summed E-state index contributed by atoms with van der Waals surface area (Å²) in [6.45, 7) is 0. The molecule has 0 bridgehead atoms. The van der Waals surface area contributed by atoms with Crippen molar-refractivity contribution in [2.45, 2.75) is 0 Å². The summed E-state index contributed by atoms with van der Waals surface area (Å²) >= 11 is 12.9. The van der Waals surface area contributed by atoms with Gasteiger partial charge in [0.15, 0.2) is 0 Å². The van der Waals surface area contributed by atoms with Crippen LogP contribution in [0.3, 0.4) is 0 Å². The van der Waals surface area contributed by atoms with Crippen LogP contribution < -0.4 is 0 Å². The van der Waals surface area contributed by atoms with Crippen molar-refractivity contribution in [3.63, 3.8) is 0 Å². The Kier molecular flexibility index (Phi) is 3.14. The van der Waals surface area contributed by atoms with Gasteiger partial charge in [-0.1, -0.05) is 23.2 Å². The molecule has 1 aromatic carbocycles. The summed E-state index contributed by atoms with van der Waals surface area (Å²) in [5.74, 6) is -1.05. The van der Waals surface area contributed by atoms with Crippen molar-refractivity contribution in [3.8, 4) is 11.3 Å². The first-order valence-corrected chi connectivity index (χ1v) is 5.86. The van der Waals surface area contributed by atoms with Crippen LogP contribution in [0, 0.1) is 0 Å². The number of hydrogen-bond acceptors (Lipinski definition) is 3. The minimum absolute atomic E-state index is 0.0334. The Balaban J connectivity index is 2.50. The van der Waals surface area contributed by atoms with Crippen molar-refractivity contribution >= 4 is 40.5 Å². The van der Waals surface area contributed by atoms with Crippen LogP contribution in [0.1, 0.15) is 9.80 Å². The maximum Gasteiger partial charge on any atom is 0.365 e. The van der Waals surface area contributed by atoms with E-state index in [9.17, 15) is 4.79 Å². The highest BCUT2D eigenvalue weighted by molar-refractivity contribution is 7.11. The van der Waals surface area contributed by atoms with E-state index >= 15 is 0 Å². The van der Waals surface area contributed by atoms with E-state index in [1.165, 1.54) is 0 Å². The lowest BCUT2D eigenvalue weighted by Crippen LogP contribution is -1.94. The van der Waals surface area contributed by atoms with Crippen LogP contribution in [0.25, 0.3) is 11.3 Å². The first kappa shape index (κ1) is 11.4. The molecule has 0 aliphatic rings. The van der Waals surface area contributed by atoms with Crippen LogP contribution in [0.4, 0.5) is 0 Å². The standard InChI is InChI=1S/C10H5Cl2NO2S/c11-5-1-2-7(12)6(3-5)8-4-16-9(13-8)10(14)15/h1-4H,(H,14,15). The zero-order chi connectivity index (χ0) is 11.7. The Morgan fingerprint density at radius 1 is 1.38 bits per heavy atom. The maximum atomic E-state index is 10.7. The lowest BCUT2D eigenvalue weighted by molar-refractivity contribution is 0.0696. The lowest BCUT2D eigenvalue weighted by Gasteiger charge is -2.00. The molecule has 2 rings (SSSR count). The Bertz CT molecular complexity index is 554. The van der Waals surface area contributed by atoms with Gasteiger partial charge in [0, 0.05) is 16.0 Å². The van der Waals surface area contributed by atoms with Crippen molar-refractivity contribution in [2.75, 3.05) is 0 Å². The van der Waals surface area contributed by atoms with Crippen molar-refractivity contribution in [2.24, 2.45) is 0 Å². The molecule has 0 unspecified atom stereocenters. The van der Waals surface area contributed by atoms with Crippen molar-refractivity contribution in [1.29, 1.82) is 0 Å². The molecule has 0 atom stereocenters. The highest BCUT2D eigenvalue weighted by atomic mass is 35.5. The van der Waals surface area contributed by atoms with Gasteiger partial charge in [-0.05, 0) is 18.2 Å². The van der Waals surface area contributed by atoms with E-state index in [1.807, 2.05) is 0 Å². The van der Waals surface area contributed by atoms with Crippen molar-refractivity contribution < 1.29 is 9.90 Å². The molecular weight excluding hydrogens is 269 g/mol. The van der Waals surface area contributed by atoms with E-state index in [4.69, 9.17) is 28.3 Å². The third kappa shape index (κ3) is 2.19. The predicted molar refractivity (Wildman–Crippen MR) is 64.5 cm³/mol. The largest absolute Gasteiger partial charge is 0.476 e. The van der Waals surface area contributed by atoms with Crippen LogP contribution in [0.15, 0.2) is 23.6 Å².